The van der Waals surface area contributed by atoms with Crippen molar-refractivity contribution in [2.45, 2.75) is 32.3 Å². The molecule has 2 rings (SSSR count). The molecule has 1 saturated heterocycles. The third kappa shape index (κ3) is 2.93. The normalized spacial score (nSPS) is 16.3. The van der Waals surface area contributed by atoms with E-state index in [4.69, 9.17) is 16.3 Å². The van der Waals surface area contributed by atoms with E-state index in [9.17, 15) is 4.79 Å². The molecular weight excluding hydrogens is 252 g/mol. The largest absolute Gasteiger partial charge is 0.444 e. The maximum atomic E-state index is 11.8. The molecule has 1 aliphatic heterocycles. The highest BCUT2D eigenvalue weighted by molar-refractivity contribution is 6.30. The Morgan fingerprint density at radius 1 is 1.50 bits per heavy atom. The lowest BCUT2D eigenvalue weighted by Gasteiger charge is -2.40. The van der Waals surface area contributed by atoms with Crippen LogP contribution in [-0.4, -0.2) is 34.7 Å². The standard InChI is InChI=1S/C13H17ClN2O2/c1-13(2,3)18-12(17)16-7-9(8-16)10-5-4-6-15-11(10)14/h4-6,9H,7-8H2,1-3H3. The van der Waals surface area contributed by atoms with Crippen molar-refractivity contribution in [2.75, 3.05) is 13.1 Å². The monoisotopic (exact) mass is 268 g/mol. The van der Waals surface area contributed by atoms with Crippen LogP contribution in [0.2, 0.25) is 5.15 Å². The molecule has 0 unspecified atom stereocenters. The van der Waals surface area contributed by atoms with Gasteiger partial charge in [0.15, 0.2) is 0 Å². The van der Waals surface area contributed by atoms with Crippen molar-refractivity contribution in [3.8, 4) is 0 Å². The minimum atomic E-state index is -0.450. The summed E-state index contributed by atoms with van der Waals surface area (Å²) in [6, 6.07) is 3.81. The molecule has 0 aromatic carbocycles. The number of ether oxygens (including phenoxy) is 1. The highest BCUT2D eigenvalue weighted by Gasteiger charge is 2.35. The molecule has 0 aliphatic carbocycles. The molecule has 1 aromatic heterocycles. The van der Waals surface area contributed by atoms with Crippen molar-refractivity contribution in [1.29, 1.82) is 0 Å². The summed E-state index contributed by atoms with van der Waals surface area (Å²) in [6.07, 6.45) is 1.40. The van der Waals surface area contributed by atoms with Crippen molar-refractivity contribution in [3.63, 3.8) is 0 Å². The molecule has 0 saturated carbocycles. The molecule has 5 heteroatoms. The minimum Gasteiger partial charge on any atom is -0.444 e. The highest BCUT2D eigenvalue weighted by Crippen LogP contribution is 2.31. The lowest BCUT2D eigenvalue weighted by atomic mass is 9.93. The van der Waals surface area contributed by atoms with Crippen LogP contribution in [0.3, 0.4) is 0 Å². The van der Waals surface area contributed by atoms with Crippen LogP contribution in [0.15, 0.2) is 18.3 Å². The fraction of sp³-hybridized carbons (Fsp3) is 0.538. The number of carbonyl (C=O) groups excluding carboxylic acids is 1. The van der Waals surface area contributed by atoms with Crippen LogP contribution in [0.1, 0.15) is 32.3 Å². The van der Waals surface area contributed by atoms with Crippen molar-refractivity contribution in [1.82, 2.24) is 9.88 Å². The minimum absolute atomic E-state index is 0.263. The van der Waals surface area contributed by atoms with Gasteiger partial charge in [-0.2, -0.15) is 0 Å². The Kier molecular flexibility index (Phi) is 3.48. The van der Waals surface area contributed by atoms with Gasteiger partial charge >= 0.3 is 6.09 Å². The van der Waals surface area contributed by atoms with Crippen LogP contribution in [0.25, 0.3) is 0 Å². The number of amides is 1. The smallest absolute Gasteiger partial charge is 0.410 e. The second kappa shape index (κ2) is 4.76. The van der Waals surface area contributed by atoms with E-state index in [0.717, 1.165) is 5.56 Å². The third-order valence-corrected chi connectivity index (χ3v) is 3.08. The molecule has 1 aliphatic rings. The van der Waals surface area contributed by atoms with E-state index in [0.29, 0.717) is 18.2 Å². The Labute approximate surface area is 112 Å². The summed E-state index contributed by atoms with van der Waals surface area (Å²) in [6.45, 7) is 6.86. The van der Waals surface area contributed by atoms with E-state index in [1.807, 2.05) is 32.9 Å². The first-order chi connectivity index (χ1) is 8.37. The number of aromatic nitrogens is 1. The maximum Gasteiger partial charge on any atom is 0.410 e. The zero-order valence-corrected chi connectivity index (χ0v) is 11.6. The number of hydrogen-bond acceptors (Lipinski definition) is 3. The Bertz CT molecular complexity index is 451. The fourth-order valence-electron chi connectivity index (χ4n) is 1.85. The summed E-state index contributed by atoms with van der Waals surface area (Å²) in [5.41, 5.74) is 0.549. The first-order valence-corrected chi connectivity index (χ1v) is 6.33. The van der Waals surface area contributed by atoms with Crippen LogP contribution in [0, 0.1) is 0 Å². The average Bonchev–Trinajstić information content (AvgIpc) is 2.15. The van der Waals surface area contributed by atoms with Crippen molar-refractivity contribution in [2.24, 2.45) is 0 Å². The van der Waals surface area contributed by atoms with E-state index >= 15 is 0 Å². The molecule has 0 N–H and O–H groups in total. The quantitative estimate of drug-likeness (QED) is 0.735. The third-order valence-electron chi connectivity index (χ3n) is 2.76. The lowest BCUT2D eigenvalue weighted by molar-refractivity contribution is 0.00817. The number of pyridine rings is 1. The van der Waals surface area contributed by atoms with Gasteiger partial charge in [-0.15, -0.1) is 0 Å². The van der Waals surface area contributed by atoms with Gasteiger partial charge in [-0.3, -0.25) is 0 Å². The van der Waals surface area contributed by atoms with Gasteiger partial charge in [0.25, 0.3) is 0 Å². The van der Waals surface area contributed by atoms with E-state index in [1.165, 1.54) is 0 Å². The Morgan fingerprint density at radius 2 is 2.17 bits per heavy atom. The number of likely N-dealkylation sites (tertiary alicyclic amines) is 1. The lowest BCUT2D eigenvalue weighted by Crippen LogP contribution is -2.50. The molecule has 0 spiro atoms. The molecule has 2 heterocycles. The maximum absolute atomic E-state index is 11.8. The Morgan fingerprint density at radius 3 is 2.72 bits per heavy atom. The van der Waals surface area contributed by atoms with Crippen LogP contribution in [-0.2, 0) is 4.74 Å². The summed E-state index contributed by atoms with van der Waals surface area (Å²) >= 11 is 6.02. The van der Waals surface area contributed by atoms with Gasteiger partial charge in [0, 0.05) is 25.2 Å². The molecule has 1 fully saturated rings. The summed E-state index contributed by atoms with van der Waals surface area (Å²) in [4.78, 5) is 17.5. The molecule has 0 bridgehead atoms. The van der Waals surface area contributed by atoms with Gasteiger partial charge in [0.2, 0.25) is 0 Å². The number of halogens is 1. The second-order valence-electron chi connectivity index (χ2n) is 5.47. The van der Waals surface area contributed by atoms with Gasteiger partial charge in [-0.05, 0) is 32.4 Å². The predicted octanol–water partition coefficient (Wildman–Crippen LogP) is 3.07. The van der Waals surface area contributed by atoms with Gasteiger partial charge < -0.3 is 9.64 Å². The summed E-state index contributed by atoms with van der Waals surface area (Å²) in [7, 11) is 0. The molecule has 98 valence electrons. The molecule has 0 radical (unpaired) electrons. The molecule has 0 atom stereocenters. The predicted molar refractivity (Wildman–Crippen MR) is 69.8 cm³/mol. The SMILES string of the molecule is CC(C)(C)OC(=O)N1CC(c2cccnc2Cl)C1. The second-order valence-corrected chi connectivity index (χ2v) is 5.82. The number of carbonyl (C=O) groups is 1. The van der Waals surface area contributed by atoms with Gasteiger partial charge in [-0.1, -0.05) is 17.7 Å². The highest BCUT2D eigenvalue weighted by atomic mass is 35.5. The van der Waals surface area contributed by atoms with Crippen LogP contribution in [0.4, 0.5) is 4.79 Å². The van der Waals surface area contributed by atoms with Crippen molar-refractivity contribution in [3.05, 3.63) is 29.0 Å². The molecule has 1 aromatic rings. The van der Waals surface area contributed by atoms with Crippen molar-refractivity contribution >= 4 is 17.7 Å². The van der Waals surface area contributed by atoms with Gasteiger partial charge in [0.1, 0.15) is 10.8 Å². The van der Waals surface area contributed by atoms with E-state index in [-0.39, 0.29) is 12.0 Å². The first kappa shape index (κ1) is 13.1. The van der Waals surface area contributed by atoms with E-state index < -0.39 is 5.60 Å². The summed E-state index contributed by atoms with van der Waals surface area (Å²) in [5.74, 6) is 0.263. The first-order valence-electron chi connectivity index (χ1n) is 5.95. The number of hydrogen-bond donors (Lipinski definition) is 0. The van der Waals surface area contributed by atoms with Crippen LogP contribution < -0.4 is 0 Å². The molecule has 18 heavy (non-hydrogen) atoms. The average molecular weight is 269 g/mol. The van der Waals surface area contributed by atoms with Gasteiger partial charge in [-0.25, -0.2) is 9.78 Å². The number of nitrogens with zero attached hydrogens (tertiary/aromatic N) is 2. The zero-order chi connectivity index (χ0) is 13.3. The van der Waals surface area contributed by atoms with Crippen LogP contribution in [0.5, 0.6) is 0 Å². The van der Waals surface area contributed by atoms with E-state index in [2.05, 4.69) is 4.98 Å². The zero-order valence-electron chi connectivity index (χ0n) is 10.8. The number of rotatable bonds is 1. The van der Waals surface area contributed by atoms with E-state index in [1.54, 1.807) is 11.1 Å². The van der Waals surface area contributed by atoms with Crippen molar-refractivity contribution < 1.29 is 9.53 Å². The van der Waals surface area contributed by atoms with Crippen LogP contribution >= 0.6 is 11.6 Å². The molecule has 4 nitrogen and oxygen atoms in total. The Balaban J connectivity index is 1.91. The summed E-state index contributed by atoms with van der Waals surface area (Å²) < 4.78 is 5.29. The summed E-state index contributed by atoms with van der Waals surface area (Å²) in [5, 5.41) is 0.520. The van der Waals surface area contributed by atoms with Gasteiger partial charge in [0.05, 0.1) is 0 Å². The topological polar surface area (TPSA) is 42.4 Å². The Hall–Kier alpha value is -1.29. The fourth-order valence-corrected chi connectivity index (χ4v) is 2.13. The molecular formula is C13H17ClN2O2. The molecule has 1 amide bonds.